The number of ether oxygens (including phenoxy) is 3. The number of hydrogen-bond donors (Lipinski definition) is 9. The minimum absolute atomic E-state index is 0.0384. The van der Waals surface area contributed by atoms with Crippen molar-refractivity contribution in [2.75, 3.05) is 56.6 Å². The molecule has 1 aliphatic heterocycles. The summed E-state index contributed by atoms with van der Waals surface area (Å²) in [5.74, 6) is -5.08. The third-order valence-electron chi connectivity index (χ3n) is 8.21. The molecule has 2 aromatic rings. The highest BCUT2D eigenvalue weighted by Crippen LogP contribution is 2.34. The quantitative estimate of drug-likeness (QED) is 0.0480. The molecule has 1 heterocycles. The van der Waals surface area contributed by atoms with Gasteiger partial charge >= 0.3 is 5.97 Å². The number of hydrogen-bond acceptors (Lipinski definition) is 14. The number of amides is 2. The monoisotopic (exact) mass is 741 g/mol. The highest BCUT2D eigenvalue weighted by atomic mass is 35.5. The number of carboxylic acid groups (broad SMARTS) is 1. The van der Waals surface area contributed by atoms with Crippen LogP contribution in [0, 0.1) is 0 Å². The number of carbonyl (C=O) groups is 3. The van der Waals surface area contributed by atoms with E-state index in [1.165, 1.54) is 0 Å². The summed E-state index contributed by atoms with van der Waals surface area (Å²) < 4.78 is 16.7. The number of benzene rings is 1. The molecule has 0 unspecified atom stereocenters. The van der Waals surface area contributed by atoms with Crippen LogP contribution in [0.4, 0.5) is 11.4 Å². The lowest BCUT2D eigenvalue weighted by molar-refractivity contribution is -0.310. The fourth-order valence-corrected chi connectivity index (χ4v) is 5.68. The maximum absolute atomic E-state index is 12.5. The van der Waals surface area contributed by atoms with Gasteiger partial charge in [0.25, 0.3) is 16.6 Å². The zero-order chi connectivity index (χ0) is 37.6. The average molecular weight is 742 g/mol. The molecule has 284 valence electrons. The molecule has 0 radical (unpaired) electrons. The fourth-order valence-electron chi connectivity index (χ4n) is 5.55. The first kappa shape index (κ1) is 41.7. The van der Waals surface area contributed by atoms with Gasteiger partial charge in [0.15, 0.2) is 0 Å². The summed E-state index contributed by atoms with van der Waals surface area (Å²) in [6.07, 6.45) is -5.12. The zero-order valence-corrected chi connectivity index (χ0v) is 29.2. The summed E-state index contributed by atoms with van der Waals surface area (Å²) in [6, 6.07) is 5.24. The molecule has 18 heteroatoms. The van der Waals surface area contributed by atoms with E-state index in [-0.39, 0.29) is 24.4 Å². The topological polar surface area (TPSA) is 268 Å². The Kier molecular flexibility index (Phi) is 16.7. The molecule has 3 rings (SSSR count). The van der Waals surface area contributed by atoms with Crippen molar-refractivity contribution in [3.8, 4) is 0 Å². The lowest BCUT2D eigenvalue weighted by atomic mass is 9.88. The lowest BCUT2D eigenvalue weighted by Crippen LogP contribution is -2.68. The van der Waals surface area contributed by atoms with Crippen molar-refractivity contribution >= 4 is 40.8 Å². The van der Waals surface area contributed by atoms with E-state index in [9.17, 15) is 44.4 Å². The van der Waals surface area contributed by atoms with E-state index in [0.717, 1.165) is 6.92 Å². The zero-order valence-electron chi connectivity index (χ0n) is 28.4. The van der Waals surface area contributed by atoms with Crippen LogP contribution < -0.4 is 37.9 Å². The predicted octanol–water partition coefficient (Wildman–Crippen LogP) is -1.17. The van der Waals surface area contributed by atoms with Gasteiger partial charge in [0, 0.05) is 44.5 Å². The van der Waals surface area contributed by atoms with E-state index in [1.54, 1.807) is 24.3 Å². The number of aliphatic hydroxyl groups is 3. The van der Waals surface area contributed by atoms with Gasteiger partial charge in [-0.1, -0.05) is 36.6 Å². The second-order valence-corrected chi connectivity index (χ2v) is 12.7. The standard InChI is InChI=1S/C33H48ClN5O12/c1-19(40)39-25-22(41)17-33(32(47)48,51-31(25)28(44)23(42)18-38-24(43)16-20-6-8-21(34)9-7-20)50-13-5-3-2-4-11-36-26-27(30(46)29(26)45)37-12-15-49-14-10-35/h6-9,22-23,25,28,31,36-37,41-42,44H,2-5,10-18,35H2,1H3,(H,38,43)(H,39,40)(H,47,48)/t22-,23+,25+,28+,31+,33+/m0/s1. The predicted molar refractivity (Wildman–Crippen MR) is 186 cm³/mol. The number of aliphatic carboxylic acids is 1. The van der Waals surface area contributed by atoms with Crippen molar-refractivity contribution in [2.45, 2.75) is 81.7 Å². The number of nitrogens with one attached hydrogen (secondary N) is 4. The highest BCUT2D eigenvalue weighted by molar-refractivity contribution is 6.30. The van der Waals surface area contributed by atoms with E-state index in [0.29, 0.717) is 69.1 Å². The highest BCUT2D eigenvalue weighted by Gasteiger charge is 2.55. The number of halogens is 1. The number of carboxylic acids is 1. The Labute approximate surface area is 299 Å². The molecule has 2 amide bonds. The molecule has 51 heavy (non-hydrogen) atoms. The van der Waals surface area contributed by atoms with Crippen LogP contribution in [0.25, 0.3) is 0 Å². The summed E-state index contributed by atoms with van der Waals surface area (Å²) in [4.78, 5) is 60.6. The van der Waals surface area contributed by atoms with Crippen LogP contribution in [0.15, 0.2) is 33.9 Å². The summed E-state index contributed by atoms with van der Waals surface area (Å²) >= 11 is 5.87. The Morgan fingerprint density at radius 1 is 1.00 bits per heavy atom. The smallest absolute Gasteiger partial charge is 0.364 e. The van der Waals surface area contributed by atoms with Gasteiger partial charge in [-0.2, -0.15) is 0 Å². The largest absolute Gasteiger partial charge is 0.477 e. The third-order valence-corrected chi connectivity index (χ3v) is 8.47. The summed E-state index contributed by atoms with van der Waals surface area (Å²) in [7, 11) is 0. The van der Waals surface area contributed by atoms with Crippen LogP contribution in [0.1, 0.15) is 44.6 Å². The molecule has 0 spiro atoms. The second kappa shape index (κ2) is 20.4. The van der Waals surface area contributed by atoms with E-state index in [2.05, 4.69) is 21.3 Å². The third kappa shape index (κ3) is 12.2. The lowest BCUT2D eigenvalue weighted by Gasteiger charge is -2.46. The number of aliphatic hydroxyl groups excluding tert-OH is 3. The molecular formula is C33H48ClN5O12. The normalized spacial score (nSPS) is 21.5. The van der Waals surface area contributed by atoms with Gasteiger partial charge in [-0.25, -0.2) is 4.79 Å². The van der Waals surface area contributed by atoms with Gasteiger partial charge in [0.05, 0.1) is 44.5 Å². The molecule has 2 aromatic carbocycles. The summed E-state index contributed by atoms with van der Waals surface area (Å²) in [5, 5.41) is 54.1. The maximum atomic E-state index is 12.5. The van der Waals surface area contributed by atoms with E-state index >= 15 is 0 Å². The Morgan fingerprint density at radius 3 is 2.27 bits per heavy atom. The maximum Gasteiger partial charge on any atom is 0.364 e. The van der Waals surface area contributed by atoms with Gasteiger partial charge in [0.2, 0.25) is 11.8 Å². The van der Waals surface area contributed by atoms with Crippen LogP contribution in [0.3, 0.4) is 0 Å². The van der Waals surface area contributed by atoms with Gasteiger partial charge in [-0.3, -0.25) is 19.2 Å². The first-order valence-electron chi connectivity index (χ1n) is 16.8. The molecule has 10 N–H and O–H groups in total. The minimum atomic E-state index is -2.42. The molecule has 6 atom stereocenters. The molecular weight excluding hydrogens is 694 g/mol. The number of anilines is 2. The van der Waals surface area contributed by atoms with Gasteiger partial charge < -0.3 is 61.6 Å². The van der Waals surface area contributed by atoms with E-state index in [1.807, 2.05) is 0 Å². The Bertz CT molecular complexity index is 1500. The number of nitrogens with two attached hydrogens (primary N) is 1. The Balaban J connectivity index is 1.50. The Morgan fingerprint density at radius 2 is 1.65 bits per heavy atom. The van der Waals surface area contributed by atoms with Gasteiger partial charge in [0.1, 0.15) is 23.6 Å². The van der Waals surface area contributed by atoms with Crippen molar-refractivity contribution in [1.29, 1.82) is 0 Å². The van der Waals surface area contributed by atoms with Crippen molar-refractivity contribution in [1.82, 2.24) is 10.6 Å². The van der Waals surface area contributed by atoms with Crippen LogP contribution in [-0.2, 0) is 35.0 Å². The molecule has 0 aromatic heterocycles. The van der Waals surface area contributed by atoms with E-state index < -0.39 is 77.9 Å². The van der Waals surface area contributed by atoms with Crippen molar-refractivity contribution < 1.29 is 49.0 Å². The average Bonchev–Trinajstić information content (AvgIpc) is 3.09. The van der Waals surface area contributed by atoms with Gasteiger partial charge in [-0.05, 0) is 30.5 Å². The Hall–Kier alpha value is -3.68. The van der Waals surface area contributed by atoms with Crippen LogP contribution in [-0.4, -0.2) is 120 Å². The molecule has 0 saturated carbocycles. The molecule has 1 fully saturated rings. The van der Waals surface area contributed by atoms with Crippen LogP contribution >= 0.6 is 11.6 Å². The van der Waals surface area contributed by atoms with E-state index in [4.69, 9.17) is 31.5 Å². The van der Waals surface area contributed by atoms with Crippen LogP contribution in [0.5, 0.6) is 0 Å². The molecule has 1 saturated heterocycles. The molecule has 0 aliphatic carbocycles. The second-order valence-electron chi connectivity index (χ2n) is 12.2. The molecule has 0 bridgehead atoms. The first-order chi connectivity index (χ1) is 24.3. The number of unbranched alkanes of at least 4 members (excludes halogenated alkanes) is 3. The summed E-state index contributed by atoms with van der Waals surface area (Å²) in [5.41, 5.74) is 5.26. The van der Waals surface area contributed by atoms with Crippen LogP contribution in [0.2, 0.25) is 5.02 Å². The van der Waals surface area contributed by atoms with Crippen molar-refractivity contribution in [2.24, 2.45) is 5.73 Å². The number of carbonyl (C=O) groups excluding carboxylic acids is 2. The molecule has 17 nitrogen and oxygen atoms in total. The number of rotatable bonds is 23. The van der Waals surface area contributed by atoms with Crippen molar-refractivity contribution in [3.63, 3.8) is 0 Å². The van der Waals surface area contributed by atoms with Gasteiger partial charge in [-0.15, -0.1) is 0 Å². The SMILES string of the molecule is CC(=O)N[C@H]1[C@H]([C@H](O)[C@H](O)CNC(=O)Cc2ccc(Cl)cc2)O[C@@](OCCCCCCNc2c(NCCOCCN)c(=O)c2=O)(C(=O)O)C[C@@H]1O. The minimum Gasteiger partial charge on any atom is -0.477 e. The van der Waals surface area contributed by atoms with Crippen molar-refractivity contribution in [3.05, 3.63) is 55.3 Å². The molecule has 1 aliphatic rings. The first-order valence-corrected chi connectivity index (χ1v) is 17.1. The summed E-state index contributed by atoms with van der Waals surface area (Å²) in [6.45, 7) is 2.45. The fraction of sp³-hybridized carbons (Fsp3) is 0.606.